The molecule has 0 bridgehead atoms. The van der Waals surface area contributed by atoms with E-state index in [2.05, 4.69) is 53.6 Å². The summed E-state index contributed by atoms with van der Waals surface area (Å²) in [4.78, 5) is 8.95. The van der Waals surface area contributed by atoms with Gasteiger partial charge in [0.2, 0.25) is 0 Å². The molecule has 0 aromatic carbocycles. The van der Waals surface area contributed by atoms with Crippen molar-refractivity contribution in [2.75, 3.05) is 6.61 Å². The van der Waals surface area contributed by atoms with Crippen LogP contribution in [-0.4, -0.2) is 16.6 Å². The van der Waals surface area contributed by atoms with Crippen molar-refractivity contribution in [2.45, 2.75) is 52.6 Å². The third kappa shape index (κ3) is 3.65. The molecule has 102 valence electrons. The molecule has 0 fully saturated rings. The molecule has 1 aromatic rings. The standard InChI is InChI=1S/C13H20BrClN2O/c1-6-8(18-7-2)12-16-10(13(3,4)5)9(14)11(15)17-12/h8H,6-7H2,1-5H3. The molecule has 0 aliphatic heterocycles. The van der Waals surface area contributed by atoms with E-state index < -0.39 is 0 Å². The highest BCUT2D eigenvalue weighted by Gasteiger charge is 2.24. The van der Waals surface area contributed by atoms with E-state index in [-0.39, 0.29) is 11.5 Å². The number of hydrogen-bond acceptors (Lipinski definition) is 3. The van der Waals surface area contributed by atoms with Crippen LogP contribution in [0.25, 0.3) is 0 Å². The summed E-state index contributed by atoms with van der Waals surface area (Å²) in [6.45, 7) is 11.0. The van der Waals surface area contributed by atoms with Gasteiger partial charge in [-0.3, -0.25) is 0 Å². The van der Waals surface area contributed by atoms with Gasteiger partial charge in [0.25, 0.3) is 0 Å². The first kappa shape index (κ1) is 15.9. The maximum atomic E-state index is 6.17. The highest BCUT2D eigenvalue weighted by Crippen LogP contribution is 2.33. The average Bonchev–Trinajstić information content (AvgIpc) is 2.28. The number of aromatic nitrogens is 2. The zero-order chi connectivity index (χ0) is 13.9. The summed E-state index contributed by atoms with van der Waals surface area (Å²) in [5.74, 6) is 0.664. The van der Waals surface area contributed by atoms with E-state index in [9.17, 15) is 0 Å². The van der Waals surface area contributed by atoms with Gasteiger partial charge in [0.1, 0.15) is 11.3 Å². The summed E-state index contributed by atoms with van der Waals surface area (Å²) >= 11 is 9.64. The lowest BCUT2D eigenvalue weighted by atomic mass is 9.92. The monoisotopic (exact) mass is 334 g/mol. The summed E-state index contributed by atoms with van der Waals surface area (Å²) in [6, 6.07) is 0. The van der Waals surface area contributed by atoms with Crippen molar-refractivity contribution >= 4 is 27.5 Å². The van der Waals surface area contributed by atoms with Gasteiger partial charge in [0.15, 0.2) is 5.82 Å². The van der Waals surface area contributed by atoms with E-state index in [1.807, 2.05) is 6.92 Å². The Morgan fingerprint density at radius 3 is 2.33 bits per heavy atom. The first-order valence-corrected chi connectivity index (χ1v) is 7.33. The van der Waals surface area contributed by atoms with Gasteiger partial charge in [-0.2, -0.15) is 0 Å². The lowest BCUT2D eigenvalue weighted by molar-refractivity contribution is 0.0531. The van der Waals surface area contributed by atoms with Crippen molar-refractivity contribution in [3.8, 4) is 0 Å². The largest absolute Gasteiger partial charge is 0.371 e. The molecule has 0 radical (unpaired) electrons. The Labute approximate surface area is 122 Å². The molecule has 0 saturated heterocycles. The van der Waals surface area contributed by atoms with E-state index in [0.29, 0.717) is 17.6 Å². The van der Waals surface area contributed by atoms with E-state index in [1.54, 1.807) is 0 Å². The summed E-state index contributed by atoms with van der Waals surface area (Å²) in [5, 5.41) is 0.447. The molecule has 1 rings (SSSR count). The first-order chi connectivity index (χ1) is 8.31. The Hall–Kier alpha value is -0.190. The van der Waals surface area contributed by atoms with Crippen LogP contribution in [0.4, 0.5) is 0 Å². The van der Waals surface area contributed by atoms with Gasteiger partial charge in [-0.05, 0) is 29.3 Å². The molecule has 1 atom stereocenters. The third-order valence-corrected chi connectivity index (χ3v) is 3.82. The molecule has 1 aromatic heterocycles. The van der Waals surface area contributed by atoms with E-state index >= 15 is 0 Å². The second kappa shape index (κ2) is 6.31. The van der Waals surface area contributed by atoms with Crippen molar-refractivity contribution in [3.05, 3.63) is 21.1 Å². The van der Waals surface area contributed by atoms with Crippen LogP contribution in [0.5, 0.6) is 0 Å². The summed E-state index contributed by atoms with van der Waals surface area (Å²) in [6.07, 6.45) is 0.733. The fraction of sp³-hybridized carbons (Fsp3) is 0.692. The smallest absolute Gasteiger partial charge is 0.159 e. The molecule has 0 aliphatic carbocycles. The predicted molar refractivity (Wildman–Crippen MR) is 78.1 cm³/mol. The number of hydrogen-bond donors (Lipinski definition) is 0. The van der Waals surface area contributed by atoms with Crippen LogP contribution in [0, 0.1) is 0 Å². The number of rotatable bonds is 4. The molecule has 0 aliphatic rings. The van der Waals surface area contributed by atoms with Gasteiger partial charge in [-0.1, -0.05) is 39.3 Å². The van der Waals surface area contributed by atoms with Gasteiger partial charge in [-0.25, -0.2) is 9.97 Å². The second-order valence-corrected chi connectivity index (χ2v) is 6.29. The minimum atomic E-state index is -0.0956. The molecule has 0 saturated carbocycles. The maximum absolute atomic E-state index is 6.17. The highest BCUT2D eigenvalue weighted by atomic mass is 79.9. The minimum Gasteiger partial charge on any atom is -0.371 e. The maximum Gasteiger partial charge on any atom is 0.159 e. The first-order valence-electron chi connectivity index (χ1n) is 6.16. The van der Waals surface area contributed by atoms with E-state index in [0.717, 1.165) is 16.6 Å². The van der Waals surface area contributed by atoms with E-state index in [4.69, 9.17) is 16.3 Å². The molecule has 0 spiro atoms. The van der Waals surface area contributed by atoms with Gasteiger partial charge in [-0.15, -0.1) is 0 Å². The van der Waals surface area contributed by atoms with Crippen molar-refractivity contribution in [2.24, 2.45) is 0 Å². The Balaban J connectivity index is 3.27. The van der Waals surface area contributed by atoms with Gasteiger partial charge < -0.3 is 4.74 Å². The lowest BCUT2D eigenvalue weighted by Crippen LogP contribution is -2.19. The third-order valence-electron chi connectivity index (χ3n) is 2.57. The molecule has 3 nitrogen and oxygen atoms in total. The number of nitrogens with zero attached hydrogens (tertiary/aromatic N) is 2. The summed E-state index contributed by atoms with van der Waals surface area (Å²) in [7, 11) is 0. The van der Waals surface area contributed by atoms with Gasteiger partial charge in [0, 0.05) is 12.0 Å². The van der Waals surface area contributed by atoms with Crippen LogP contribution in [0.1, 0.15) is 58.7 Å². The lowest BCUT2D eigenvalue weighted by Gasteiger charge is -2.22. The quantitative estimate of drug-likeness (QED) is 0.749. The fourth-order valence-corrected chi connectivity index (χ4v) is 2.60. The van der Waals surface area contributed by atoms with Crippen molar-refractivity contribution in [1.29, 1.82) is 0 Å². The van der Waals surface area contributed by atoms with Crippen LogP contribution in [-0.2, 0) is 10.2 Å². The molecular formula is C13H20BrClN2O. The van der Waals surface area contributed by atoms with Crippen LogP contribution >= 0.6 is 27.5 Å². The molecular weight excluding hydrogens is 316 g/mol. The molecule has 1 unspecified atom stereocenters. The molecule has 1 heterocycles. The Morgan fingerprint density at radius 2 is 1.89 bits per heavy atom. The number of ether oxygens (including phenoxy) is 1. The van der Waals surface area contributed by atoms with Gasteiger partial charge in [0.05, 0.1) is 10.2 Å². The molecule has 5 heteroatoms. The van der Waals surface area contributed by atoms with Crippen molar-refractivity contribution in [1.82, 2.24) is 9.97 Å². The van der Waals surface area contributed by atoms with Crippen LogP contribution in [0.3, 0.4) is 0 Å². The summed E-state index contributed by atoms with van der Waals surface area (Å²) < 4.78 is 6.41. The molecule has 18 heavy (non-hydrogen) atoms. The normalized spacial score (nSPS) is 13.7. The van der Waals surface area contributed by atoms with Crippen molar-refractivity contribution < 1.29 is 4.74 Å². The Bertz CT molecular complexity index is 418. The SMILES string of the molecule is CCOC(CC)c1nc(Cl)c(Br)c(C(C)(C)C)n1. The Kier molecular flexibility index (Phi) is 5.56. The van der Waals surface area contributed by atoms with E-state index in [1.165, 1.54) is 0 Å². The van der Waals surface area contributed by atoms with Crippen LogP contribution < -0.4 is 0 Å². The topological polar surface area (TPSA) is 35.0 Å². The van der Waals surface area contributed by atoms with Crippen molar-refractivity contribution in [3.63, 3.8) is 0 Å². The fourth-order valence-electron chi connectivity index (χ4n) is 1.65. The summed E-state index contributed by atoms with van der Waals surface area (Å²) in [5.41, 5.74) is 0.820. The number of halogens is 2. The molecule has 0 N–H and O–H groups in total. The second-order valence-electron chi connectivity index (χ2n) is 5.14. The highest BCUT2D eigenvalue weighted by molar-refractivity contribution is 9.10. The van der Waals surface area contributed by atoms with Gasteiger partial charge >= 0.3 is 0 Å². The molecule has 0 amide bonds. The zero-order valence-corrected chi connectivity index (χ0v) is 13.9. The van der Waals surface area contributed by atoms with Crippen LogP contribution in [0.15, 0.2) is 4.47 Å². The zero-order valence-electron chi connectivity index (χ0n) is 11.6. The predicted octanol–water partition coefficient (Wildman–Crippen LogP) is 4.68. The minimum absolute atomic E-state index is 0.0926. The average molecular weight is 336 g/mol. The Morgan fingerprint density at radius 1 is 1.28 bits per heavy atom. The van der Waals surface area contributed by atoms with Crippen LogP contribution in [0.2, 0.25) is 5.15 Å².